The third-order valence-corrected chi connectivity index (χ3v) is 6.01. The average Bonchev–Trinajstić information content (AvgIpc) is 3.30. The zero-order valence-corrected chi connectivity index (χ0v) is 18.3. The van der Waals surface area contributed by atoms with Gasteiger partial charge in [-0.3, -0.25) is 9.59 Å². The normalized spacial score (nSPS) is 14.0. The first-order valence-electron chi connectivity index (χ1n) is 8.92. The van der Waals surface area contributed by atoms with Gasteiger partial charge in [0.05, 0.1) is 11.3 Å². The van der Waals surface area contributed by atoms with Gasteiger partial charge in [0.1, 0.15) is 5.70 Å². The Labute approximate surface area is 181 Å². The van der Waals surface area contributed by atoms with E-state index in [0.29, 0.717) is 11.3 Å². The summed E-state index contributed by atoms with van der Waals surface area (Å²) >= 11 is 4.82. The van der Waals surface area contributed by atoms with Gasteiger partial charge in [-0.1, -0.05) is 22.0 Å². The summed E-state index contributed by atoms with van der Waals surface area (Å²) in [6.07, 6.45) is 0. The van der Waals surface area contributed by atoms with Crippen molar-refractivity contribution < 1.29 is 9.59 Å². The number of amides is 2. The van der Waals surface area contributed by atoms with Crippen LogP contribution in [0, 0.1) is 0 Å². The van der Waals surface area contributed by atoms with E-state index in [9.17, 15) is 9.59 Å². The van der Waals surface area contributed by atoms with Gasteiger partial charge in [-0.25, -0.2) is 4.90 Å². The average molecular weight is 468 g/mol. The predicted molar refractivity (Wildman–Crippen MR) is 122 cm³/mol. The molecule has 0 atom stereocenters. The number of halogens is 1. The fourth-order valence-corrected chi connectivity index (χ4v) is 4.14. The molecule has 29 heavy (non-hydrogen) atoms. The predicted octanol–water partition coefficient (Wildman–Crippen LogP) is 4.97. The van der Waals surface area contributed by atoms with Gasteiger partial charge in [-0.15, -0.1) is 11.3 Å². The summed E-state index contributed by atoms with van der Waals surface area (Å²) in [4.78, 5) is 30.5. The first-order valence-corrected chi connectivity index (χ1v) is 10.6. The van der Waals surface area contributed by atoms with Gasteiger partial charge < -0.3 is 10.2 Å². The van der Waals surface area contributed by atoms with Crippen LogP contribution < -0.4 is 15.1 Å². The Kier molecular flexibility index (Phi) is 5.25. The lowest BCUT2D eigenvalue weighted by Crippen LogP contribution is -2.32. The van der Waals surface area contributed by atoms with Crippen molar-refractivity contribution >= 4 is 61.7 Å². The third-order valence-electron chi connectivity index (χ3n) is 4.59. The molecule has 7 heteroatoms. The van der Waals surface area contributed by atoms with Crippen LogP contribution >= 0.6 is 27.3 Å². The first kappa shape index (κ1) is 19.4. The lowest BCUT2D eigenvalue weighted by atomic mass is 10.1. The fraction of sp³-hybridized carbons (Fsp3) is 0.0909. The molecule has 1 aliphatic rings. The molecule has 0 bridgehead atoms. The van der Waals surface area contributed by atoms with Crippen LogP contribution in [0.1, 0.15) is 4.88 Å². The van der Waals surface area contributed by atoms with Crippen LogP contribution in [0.2, 0.25) is 0 Å². The van der Waals surface area contributed by atoms with Crippen LogP contribution in [-0.2, 0) is 9.59 Å². The number of anilines is 3. The van der Waals surface area contributed by atoms with Crippen molar-refractivity contribution in [3.63, 3.8) is 0 Å². The Hall–Kier alpha value is -2.90. The van der Waals surface area contributed by atoms with E-state index in [1.165, 1.54) is 16.2 Å². The van der Waals surface area contributed by atoms with Crippen LogP contribution in [0.5, 0.6) is 0 Å². The molecule has 3 aromatic rings. The minimum Gasteiger partial charge on any atom is -0.378 e. The van der Waals surface area contributed by atoms with Gasteiger partial charge >= 0.3 is 0 Å². The highest BCUT2D eigenvalue weighted by molar-refractivity contribution is 9.10. The SMILES string of the molecule is CN(C)c1ccc(NC2=C(c3cccs3)C(=O)N(c3ccc(Br)cc3)C2=O)cc1. The molecule has 1 N–H and O–H groups in total. The van der Waals surface area contributed by atoms with E-state index in [2.05, 4.69) is 21.2 Å². The Morgan fingerprint density at radius 3 is 2.21 bits per heavy atom. The highest BCUT2D eigenvalue weighted by Crippen LogP contribution is 2.36. The molecule has 2 heterocycles. The monoisotopic (exact) mass is 467 g/mol. The number of nitrogens with one attached hydrogen (secondary N) is 1. The highest BCUT2D eigenvalue weighted by atomic mass is 79.9. The molecule has 0 radical (unpaired) electrons. The number of hydrogen-bond donors (Lipinski definition) is 1. The van der Waals surface area contributed by atoms with Crippen molar-refractivity contribution in [2.24, 2.45) is 0 Å². The molecule has 0 aliphatic carbocycles. The Bertz CT molecular complexity index is 1090. The minimum atomic E-state index is -0.364. The van der Waals surface area contributed by atoms with Crippen molar-refractivity contribution in [2.75, 3.05) is 29.2 Å². The molecule has 5 nitrogen and oxygen atoms in total. The second kappa shape index (κ2) is 7.85. The maximum Gasteiger partial charge on any atom is 0.282 e. The molecule has 2 amide bonds. The molecule has 1 aliphatic heterocycles. The van der Waals surface area contributed by atoms with E-state index in [1.54, 1.807) is 12.1 Å². The zero-order chi connectivity index (χ0) is 20.5. The van der Waals surface area contributed by atoms with E-state index in [1.807, 2.05) is 72.9 Å². The molecule has 1 aromatic heterocycles. The molecule has 0 saturated heterocycles. The van der Waals surface area contributed by atoms with Gasteiger partial charge in [-0.2, -0.15) is 0 Å². The quantitative estimate of drug-likeness (QED) is 0.538. The number of carbonyl (C=O) groups excluding carboxylic acids is 2. The Balaban J connectivity index is 1.74. The number of benzene rings is 2. The van der Waals surface area contributed by atoms with Crippen molar-refractivity contribution in [3.05, 3.63) is 81.1 Å². The Morgan fingerprint density at radius 2 is 1.62 bits per heavy atom. The highest BCUT2D eigenvalue weighted by Gasteiger charge is 2.40. The number of hydrogen-bond acceptors (Lipinski definition) is 5. The number of carbonyl (C=O) groups is 2. The molecule has 0 unspecified atom stereocenters. The molecule has 4 rings (SSSR count). The van der Waals surface area contributed by atoms with E-state index >= 15 is 0 Å². The lowest BCUT2D eigenvalue weighted by Gasteiger charge is -2.16. The second-order valence-corrected chi connectivity index (χ2v) is 8.58. The summed E-state index contributed by atoms with van der Waals surface area (Å²) in [5, 5.41) is 5.08. The van der Waals surface area contributed by atoms with Gasteiger partial charge in [0.25, 0.3) is 11.8 Å². The maximum atomic E-state index is 13.3. The minimum absolute atomic E-state index is 0.290. The zero-order valence-electron chi connectivity index (χ0n) is 15.8. The lowest BCUT2D eigenvalue weighted by molar-refractivity contribution is -0.120. The largest absolute Gasteiger partial charge is 0.378 e. The van der Waals surface area contributed by atoms with E-state index in [-0.39, 0.29) is 17.5 Å². The summed E-state index contributed by atoms with van der Waals surface area (Å²) in [7, 11) is 3.93. The van der Waals surface area contributed by atoms with Crippen molar-refractivity contribution in [1.82, 2.24) is 0 Å². The van der Waals surface area contributed by atoms with Crippen LogP contribution in [0.3, 0.4) is 0 Å². The smallest absolute Gasteiger partial charge is 0.282 e. The molecule has 146 valence electrons. The number of imide groups is 1. The third kappa shape index (κ3) is 3.71. The van der Waals surface area contributed by atoms with Crippen LogP contribution in [0.25, 0.3) is 5.57 Å². The van der Waals surface area contributed by atoms with Crippen molar-refractivity contribution in [1.29, 1.82) is 0 Å². The van der Waals surface area contributed by atoms with Crippen LogP contribution in [0.15, 0.2) is 76.2 Å². The summed E-state index contributed by atoms with van der Waals surface area (Å²) in [6, 6.07) is 18.6. The Morgan fingerprint density at radius 1 is 0.931 bits per heavy atom. The molecular formula is C22H18BrN3O2S. The second-order valence-electron chi connectivity index (χ2n) is 6.72. The molecule has 0 fully saturated rings. The molecule has 0 spiro atoms. The number of thiophene rings is 1. The summed E-state index contributed by atoms with van der Waals surface area (Å²) in [5.41, 5.74) is 3.02. The van der Waals surface area contributed by atoms with E-state index in [0.717, 1.165) is 20.7 Å². The summed E-state index contributed by atoms with van der Waals surface area (Å²) < 4.78 is 0.881. The van der Waals surface area contributed by atoms with Crippen LogP contribution in [-0.4, -0.2) is 25.9 Å². The number of rotatable bonds is 5. The summed E-state index contributed by atoms with van der Waals surface area (Å²) in [5.74, 6) is -0.690. The maximum absolute atomic E-state index is 13.3. The van der Waals surface area contributed by atoms with Gasteiger partial charge in [0.15, 0.2) is 0 Å². The van der Waals surface area contributed by atoms with Crippen LogP contribution in [0.4, 0.5) is 17.1 Å². The van der Waals surface area contributed by atoms with Gasteiger partial charge in [0, 0.05) is 34.8 Å². The molecular weight excluding hydrogens is 450 g/mol. The van der Waals surface area contributed by atoms with E-state index < -0.39 is 0 Å². The molecule has 2 aromatic carbocycles. The van der Waals surface area contributed by atoms with Gasteiger partial charge in [0.2, 0.25) is 0 Å². The van der Waals surface area contributed by atoms with Crippen molar-refractivity contribution in [2.45, 2.75) is 0 Å². The standard InChI is InChI=1S/C22H18BrN3O2S/c1-25(2)16-11-7-15(8-12-16)24-20-19(18-4-3-13-29-18)21(27)26(22(20)28)17-9-5-14(23)6-10-17/h3-13,24H,1-2H3. The van der Waals surface area contributed by atoms with Crippen molar-refractivity contribution in [3.8, 4) is 0 Å². The topological polar surface area (TPSA) is 52.7 Å². The first-order chi connectivity index (χ1) is 14.0. The summed E-state index contributed by atoms with van der Waals surface area (Å²) in [6.45, 7) is 0. The van der Waals surface area contributed by atoms with Gasteiger partial charge in [-0.05, 0) is 60.0 Å². The van der Waals surface area contributed by atoms with E-state index in [4.69, 9.17) is 0 Å². The molecule has 0 saturated carbocycles. The fourth-order valence-electron chi connectivity index (χ4n) is 3.11. The number of nitrogens with zero attached hydrogens (tertiary/aromatic N) is 2.